The van der Waals surface area contributed by atoms with Crippen LogP contribution in [0.15, 0.2) is 206 Å². The van der Waals surface area contributed by atoms with Crippen molar-refractivity contribution in [1.29, 1.82) is 5.26 Å². The zero-order valence-electron chi connectivity index (χ0n) is 38.6. The fourth-order valence-electron chi connectivity index (χ4n) is 11.1. The molecule has 0 fully saturated rings. The van der Waals surface area contributed by atoms with Crippen molar-refractivity contribution in [3.8, 4) is 50.8 Å². The molecule has 67 heavy (non-hydrogen) atoms. The summed E-state index contributed by atoms with van der Waals surface area (Å²) in [5.74, 6) is 0. The molecule has 14 rings (SSSR count). The van der Waals surface area contributed by atoms with Crippen LogP contribution in [0, 0.1) is 17.9 Å². The van der Waals surface area contributed by atoms with E-state index in [1.807, 2.05) is 102 Å². The molecule has 0 atom stereocenters. The van der Waals surface area contributed by atoms with Crippen molar-refractivity contribution >= 4 is 102 Å². The van der Waals surface area contributed by atoms with Gasteiger partial charge in [0.1, 0.15) is 6.07 Å². The van der Waals surface area contributed by atoms with Gasteiger partial charge in [0.05, 0.1) is 54.4 Å². The number of thiophene rings is 1. The Kier molecular flexibility index (Phi) is 7.32. The van der Waals surface area contributed by atoms with Crippen LogP contribution in [0.5, 0.6) is 0 Å². The molecule has 0 aliphatic carbocycles. The maximum Gasteiger partial charge on any atom is 0.220 e. The average Bonchev–Trinajstić information content (AvgIpc) is 4.09. The first-order valence-corrected chi connectivity index (χ1v) is 23.0. The van der Waals surface area contributed by atoms with Gasteiger partial charge in [-0.1, -0.05) is 182 Å². The second-order valence-corrected chi connectivity index (χ2v) is 18.1. The molecule has 0 spiro atoms. The number of hydrogen-bond acceptors (Lipinski definition) is 2. The van der Waals surface area contributed by atoms with Gasteiger partial charge in [0.15, 0.2) is 0 Å². The molecule has 0 amide bonds. The van der Waals surface area contributed by atoms with Crippen molar-refractivity contribution in [3.63, 3.8) is 0 Å². The highest BCUT2D eigenvalue weighted by molar-refractivity contribution is 7.26. The molecule has 0 radical (unpaired) electrons. The zero-order valence-corrected chi connectivity index (χ0v) is 36.4. The highest BCUT2D eigenvalue weighted by Crippen LogP contribution is 2.55. The van der Waals surface area contributed by atoms with Gasteiger partial charge >= 0.3 is 0 Å². The molecule has 4 nitrogen and oxygen atoms in total. The van der Waals surface area contributed by atoms with E-state index in [1.54, 1.807) is 11.3 Å². The SMILES string of the molecule is [2H]c1c([2H])c2c3ccccc3c3cccc4c3c2c(c1[2H])n4-c1c([N+]#[C-])c(-c2ccccc2)c(C#N)c(-n2c3cccc(-c4ccccc4)c3c3ccc4c5ccccc5sc4c32)c1-c1ccccc1. The lowest BCUT2D eigenvalue weighted by Crippen LogP contribution is -2.08. The summed E-state index contributed by atoms with van der Waals surface area (Å²) >= 11 is 1.73. The smallest absolute Gasteiger partial charge is 0.220 e. The number of hydrogen-bond donors (Lipinski definition) is 0. The Morgan fingerprint density at radius 3 is 1.78 bits per heavy atom. The largest absolute Gasteiger partial charge is 0.318 e. The highest BCUT2D eigenvalue weighted by Gasteiger charge is 2.33. The van der Waals surface area contributed by atoms with E-state index in [9.17, 15) is 15.9 Å². The third kappa shape index (κ3) is 5.09. The van der Waals surface area contributed by atoms with Crippen molar-refractivity contribution in [1.82, 2.24) is 9.13 Å². The summed E-state index contributed by atoms with van der Waals surface area (Å²) in [5.41, 5.74) is 9.37. The fourth-order valence-corrected chi connectivity index (χ4v) is 12.3. The Morgan fingerprint density at radius 1 is 0.478 bits per heavy atom. The third-order valence-corrected chi connectivity index (χ3v) is 14.9. The van der Waals surface area contributed by atoms with Gasteiger partial charge in [0, 0.05) is 48.1 Å². The van der Waals surface area contributed by atoms with E-state index in [0.717, 1.165) is 85.7 Å². The Bertz CT molecular complexity index is 4630. The molecule has 0 bridgehead atoms. The van der Waals surface area contributed by atoms with Crippen LogP contribution in [0.2, 0.25) is 0 Å². The molecule has 0 N–H and O–H groups in total. The van der Waals surface area contributed by atoms with Crippen molar-refractivity contribution < 1.29 is 4.11 Å². The van der Waals surface area contributed by atoms with Gasteiger partial charge in [-0.3, -0.25) is 0 Å². The Morgan fingerprint density at radius 2 is 1.06 bits per heavy atom. The van der Waals surface area contributed by atoms with E-state index in [4.69, 9.17) is 0 Å². The third-order valence-electron chi connectivity index (χ3n) is 13.7. The van der Waals surface area contributed by atoms with E-state index in [0.29, 0.717) is 49.9 Å². The maximum atomic E-state index is 12.1. The Hall–Kier alpha value is -9.00. The topological polar surface area (TPSA) is 38.0 Å². The molecule has 3 heterocycles. The van der Waals surface area contributed by atoms with Gasteiger partial charge in [-0.25, -0.2) is 4.85 Å². The highest BCUT2D eigenvalue weighted by atomic mass is 32.1. The molecule has 5 heteroatoms. The Balaban J connectivity index is 1.30. The molecular weight excluding hydrogens is 833 g/mol. The predicted molar refractivity (Wildman–Crippen MR) is 281 cm³/mol. The number of fused-ring (bicyclic) bond motifs is 10. The summed E-state index contributed by atoms with van der Waals surface area (Å²) in [5, 5.41) is 21.3. The number of nitriles is 1. The zero-order chi connectivity index (χ0) is 46.9. The minimum atomic E-state index is -0.199. The number of aromatic nitrogens is 2. The summed E-state index contributed by atoms with van der Waals surface area (Å²) in [7, 11) is 0. The van der Waals surface area contributed by atoms with Crippen LogP contribution < -0.4 is 0 Å². The van der Waals surface area contributed by atoms with Crippen molar-refractivity contribution in [2.24, 2.45) is 0 Å². The van der Waals surface area contributed by atoms with Crippen LogP contribution in [0.4, 0.5) is 5.69 Å². The first-order chi connectivity index (χ1) is 34.5. The van der Waals surface area contributed by atoms with E-state index in [2.05, 4.69) is 106 Å². The molecule has 0 saturated heterocycles. The average molecular weight is 870 g/mol. The van der Waals surface area contributed by atoms with Crippen molar-refractivity contribution in [2.45, 2.75) is 0 Å². The summed E-state index contributed by atoms with van der Waals surface area (Å²) in [6.45, 7) is 9.34. The van der Waals surface area contributed by atoms with Gasteiger partial charge in [-0.05, 0) is 68.0 Å². The van der Waals surface area contributed by atoms with Gasteiger partial charge in [-0.2, -0.15) is 5.26 Å². The van der Waals surface area contributed by atoms with Crippen LogP contribution in [-0.4, -0.2) is 9.13 Å². The molecule has 0 aliphatic heterocycles. The van der Waals surface area contributed by atoms with Crippen LogP contribution in [-0.2, 0) is 0 Å². The molecule has 14 aromatic rings. The molecular formula is C62H34N4S. The van der Waals surface area contributed by atoms with Crippen LogP contribution in [0.25, 0.3) is 135 Å². The monoisotopic (exact) mass is 869 g/mol. The van der Waals surface area contributed by atoms with E-state index < -0.39 is 0 Å². The standard InChI is InChI=1S/C62H34N4S/c1-64-58-53(38-20-7-3-8-21-38)48(36-63)59(66-49-30-15-27-40(37-18-5-2-6-19-37)55(49)47-35-34-46-43-26-13-14-33-52(43)67-62(46)60(47)66)54(39-22-9-4-10-23-39)61(58)65-50-31-16-28-44-41-24-11-12-25-42(41)45-29-17-32-51(65)57(45)56(44)50/h2-35H/i16D,28D,31D. The van der Waals surface area contributed by atoms with Crippen LogP contribution in [0.3, 0.4) is 0 Å². The molecule has 308 valence electrons. The Labute approximate surface area is 393 Å². The molecule has 0 unspecified atom stereocenters. The van der Waals surface area contributed by atoms with Gasteiger partial charge < -0.3 is 9.13 Å². The normalized spacial score (nSPS) is 12.5. The van der Waals surface area contributed by atoms with Gasteiger partial charge in [0.25, 0.3) is 0 Å². The van der Waals surface area contributed by atoms with Crippen molar-refractivity contribution in [3.05, 3.63) is 223 Å². The summed E-state index contributed by atoms with van der Waals surface area (Å²) in [6, 6.07) is 66.1. The second-order valence-electron chi connectivity index (χ2n) is 17.0. The lowest BCUT2D eigenvalue weighted by atomic mass is 9.88. The van der Waals surface area contributed by atoms with Gasteiger partial charge in [0.2, 0.25) is 5.69 Å². The minimum Gasteiger partial charge on any atom is -0.318 e. The molecule has 0 aliphatic rings. The first-order valence-electron chi connectivity index (χ1n) is 23.7. The quantitative estimate of drug-likeness (QED) is 0.125. The minimum absolute atomic E-state index is 0.00969. The van der Waals surface area contributed by atoms with E-state index >= 15 is 0 Å². The molecule has 0 saturated carbocycles. The first kappa shape index (κ1) is 34.4. The second kappa shape index (κ2) is 14.2. The van der Waals surface area contributed by atoms with E-state index in [1.165, 1.54) is 0 Å². The molecule has 11 aromatic carbocycles. The van der Waals surface area contributed by atoms with Crippen LogP contribution >= 0.6 is 11.3 Å². The maximum absolute atomic E-state index is 12.1. The number of rotatable bonds is 5. The number of nitrogens with zero attached hydrogens (tertiary/aromatic N) is 4. The molecule has 3 aromatic heterocycles. The lowest BCUT2D eigenvalue weighted by molar-refractivity contribution is 1.14. The van der Waals surface area contributed by atoms with Gasteiger partial charge in [-0.15, -0.1) is 11.3 Å². The predicted octanol–water partition coefficient (Wildman–Crippen LogP) is 17.4. The fraction of sp³-hybridized carbons (Fsp3) is 0. The lowest BCUT2D eigenvalue weighted by Gasteiger charge is -2.26. The van der Waals surface area contributed by atoms with Crippen LogP contribution in [0.1, 0.15) is 9.68 Å². The summed E-state index contributed by atoms with van der Waals surface area (Å²) in [6.07, 6.45) is 0. The summed E-state index contributed by atoms with van der Waals surface area (Å²) < 4.78 is 35.4. The van der Waals surface area contributed by atoms with E-state index in [-0.39, 0.29) is 23.8 Å². The summed E-state index contributed by atoms with van der Waals surface area (Å²) in [4.78, 5) is 4.49. The number of benzene rings is 11. The van der Waals surface area contributed by atoms with Crippen molar-refractivity contribution in [2.75, 3.05) is 0 Å².